The lowest BCUT2D eigenvalue weighted by Gasteiger charge is -2.13. The second kappa shape index (κ2) is 5.92. The van der Waals surface area contributed by atoms with Gasteiger partial charge in [-0.15, -0.1) is 16.4 Å². The van der Waals surface area contributed by atoms with Gasteiger partial charge in [0.25, 0.3) is 0 Å². The molecule has 1 unspecified atom stereocenters. The zero-order chi connectivity index (χ0) is 13.8. The van der Waals surface area contributed by atoms with Crippen molar-refractivity contribution in [3.63, 3.8) is 0 Å². The summed E-state index contributed by atoms with van der Waals surface area (Å²) in [5, 5.41) is 10.6. The van der Waals surface area contributed by atoms with E-state index in [4.69, 9.17) is 0 Å². The van der Waals surface area contributed by atoms with Crippen molar-refractivity contribution in [3.8, 4) is 11.3 Å². The zero-order valence-electron chi connectivity index (χ0n) is 11.2. The van der Waals surface area contributed by atoms with Gasteiger partial charge < -0.3 is 0 Å². The van der Waals surface area contributed by atoms with Crippen molar-refractivity contribution in [1.82, 2.24) is 25.0 Å². The van der Waals surface area contributed by atoms with Gasteiger partial charge in [0.05, 0.1) is 12.2 Å². The summed E-state index contributed by atoms with van der Waals surface area (Å²) in [6.45, 7) is 2.18. The van der Waals surface area contributed by atoms with Crippen LogP contribution in [0.4, 0.5) is 0 Å². The maximum absolute atomic E-state index is 4.29. The zero-order valence-corrected chi connectivity index (χ0v) is 12.0. The lowest BCUT2D eigenvalue weighted by atomic mass is 10.1. The van der Waals surface area contributed by atoms with Crippen LogP contribution in [0.2, 0.25) is 0 Å². The summed E-state index contributed by atoms with van der Waals surface area (Å²) in [4.78, 5) is 9.34. The molecule has 3 aromatic heterocycles. The SMILES string of the molecule is CCCC(c1cccs1)n1cc(-c2cncnc2)nn1. The predicted octanol–water partition coefficient (Wildman–Crippen LogP) is 3.19. The van der Waals surface area contributed by atoms with Crippen LogP contribution in [0.15, 0.2) is 42.4 Å². The van der Waals surface area contributed by atoms with Gasteiger partial charge in [0, 0.05) is 22.8 Å². The molecule has 20 heavy (non-hydrogen) atoms. The van der Waals surface area contributed by atoms with E-state index < -0.39 is 0 Å². The molecule has 0 aliphatic heterocycles. The first-order chi connectivity index (χ1) is 9.88. The van der Waals surface area contributed by atoms with E-state index >= 15 is 0 Å². The molecular weight excluding hydrogens is 270 g/mol. The normalized spacial score (nSPS) is 12.4. The Morgan fingerprint density at radius 3 is 2.85 bits per heavy atom. The summed E-state index contributed by atoms with van der Waals surface area (Å²) in [5.74, 6) is 0. The van der Waals surface area contributed by atoms with Crippen molar-refractivity contribution >= 4 is 11.3 Å². The minimum absolute atomic E-state index is 0.255. The third kappa shape index (κ3) is 2.60. The first-order valence-electron chi connectivity index (χ1n) is 6.59. The second-order valence-electron chi connectivity index (χ2n) is 4.53. The van der Waals surface area contributed by atoms with Crippen LogP contribution in [0.5, 0.6) is 0 Å². The van der Waals surface area contributed by atoms with E-state index in [1.165, 1.54) is 11.2 Å². The largest absolute Gasteiger partial charge is 0.244 e. The Bertz CT molecular complexity index is 647. The summed E-state index contributed by atoms with van der Waals surface area (Å²) in [6, 6.07) is 4.48. The quantitative estimate of drug-likeness (QED) is 0.722. The number of thiophene rings is 1. The van der Waals surface area contributed by atoms with Crippen LogP contribution in [-0.4, -0.2) is 25.0 Å². The molecule has 0 amide bonds. The molecule has 0 saturated carbocycles. The van der Waals surface area contributed by atoms with Crippen molar-refractivity contribution in [1.29, 1.82) is 0 Å². The molecule has 0 radical (unpaired) electrons. The molecule has 0 aliphatic carbocycles. The number of rotatable bonds is 5. The summed E-state index contributed by atoms with van der Waals surface area (Å²) in [5.41, 5.74) is 1.70. The summed E-state index contributed by atoms with van der Waals surface area (Å²) < 4.78 is 1.94. The van der Waals surface area contributed by atoms with E-state index in [1.807, 2.05) is 10.9 Å². The van der Waals surface area contributed by atoms with Crippen molar-refractivity contribution in [2.75, 3.05) is 0 Å². The maximum atomic E-state index is 4.29. The average molecular weight is 285 g/mol. The molecule has 1 atom stereocenters. The predicted molar refractivity (Wildman–Crippen MR) is 78.4 cm³/mol. The van der Waals surface area contributed by atoms with Gasteiger partial charge in [-0.2, -0.15) is 0 Å². The van der Waals surface area contributed by atoms with Gasteiger partial charge in [-0.1, -0.05) is 24.6 Å². The second-order valence-corrected chi connectivity index (χ2v) is 5.51. The Morgan fingerprint density at radius 1 is 1.30 bits per heavy atom. The van der Waals surface area contributed by atoms with Gasteiger partial charge in [0.15, 0.2) is 0 Å². The molecular formula is C14H15N5S. The van der Waals surface area contributed by atoms with Gasteiger partial charge >= 0.3 is 0 Å². The molecule has 102 valence electrons. The molecule has 0 spiro atoms. The van der Waals surface area contributed by atoms with Crippen LogP contribution in [-0.2, 0) is 0 Å². The molecule has 0 bridgehead atoms. The van der Waals surface area contributed by atoms with Gasteiger partial charge in [-0.25, -0.2) is 14.6 Å². The van der Waals surface area contributed by atoms with Crippen LogP contribution in [0.25, 0.3) is 11.3 Å². The Labute approximate surface area is 121 Å². The van der Waals surface area contributed by atoms with Crippen LogP contribution < -0.4 is 0 Å². The summed E-state index contributed by atoms with van der Waals surface area (Å²) in [6.07, 6.45) is 9.14. The average Bonchev–Trinajstić information content (AvgIpc) is 3.17. The van der Waals surface area contributed by atoms with E-state index in [2.05, 4.69) is 44.7 Å². The fraction of sp³-hybridized carbons (Fsp3) is 0.286. The first-order valence-corrected chi connectivity index (χ1v) is 7.47. The van der Waals surface area contributed by atoms with Crippen molar-refractivity contribution < 1.29 is 0 Å². The highest BCUT2D eigenvalue weighted by Gasteiger charge is 2.16. The van der Waals surface area contributed by atoms with Gasteiger partial charge in [-0.05, 0) is 17.9 Å². The van der Waals surface area contributed by atoms with E-state index in [0.717, 1.165) is 24.1 Å². The molecule has 3 heterocycles. The van der Waals surface area contributed by atoms with Gasteiger partial charge in [0.2, 0.25) is 0 Å². The molecule has 0 saturated heterocycles. The highest BCUT2D eigenvalue weighted by molar-refractivity contribution is 7.10. The highest BCUT2D eigenvalue weighted by Crippen LogP contribution is 2.27. The standard InChI is InChI=1S/C14H15N5S/c1-2-4-13(14-5-3-6-20-14)19-9-12(17-18-19)11-7-15-10-16-8-11/h3,5-10,13H,2,4H2,1H3. The van der Waals surface area contributed by atoms with E-state index in [9.17, 15) is 0 Å². The molecule has 5 nitrogen and oxygen atoms in total. The molecule has 3 aromatic rings. The Hall–Kier alpha value is -2.08. The lowest BCUT2D eigenvalue weighted by Crippen LogP contribution is -2.09. The number of nitrogens with zero attached hydrogens (tertiary/aromatic N) is 5. The molecule has 3 rings (SSSR count). The van der Waals surface area contributed by atoms with Gasteiger partial charge in [0.1, 0.15) is 12.0 Å². The minimum atomic E-state index is 0.255. The lowest BCUT2D eigenvalue weighted by molar-refractivity contribution is 0.477. The molecule has 0 aliphatic rings. The summed E-state index contributed by atoms with van der Waals surface area (Å²) >= 11 is 1.76. The third-order valence-electron chi connectivity index (χ3n) is 3.12. The van der Waals surface area contributed by atoms with Crippen LogP contribution in [0.3, 0.4) is 0 Å². The van der Waals surface area contributed by atoms with E-state index in [0.29, 0.717) is 0 Å². The van der Waals surface area contributed by atoms with Crippen LogP contribution >= 0.6 is 11.3 Å². The van der Waals surface area contributed by atoms with Crippen molar-refractivity contribution in [2.24, 2.45) is 0 Å². The topological polar surface area (TPSA) is 56.5 Å². The number of hydrogen-bond donors (Lipinski definition) is 0. The molecule has 6 heteroatoms. The van der Waals surface area contributed by atoms with E-state index in [-0.39, 0.29) is 6.04 Å². The maximum Gasteiger partial charge on any atom is 0.116 e. The molecule has 0 N–H and O–H groups in total. The molecule has 0 fully saturated rings. The Morgan fingerprint density at radius 2 is 2.15 bits per heavy atom. The number of hydrogen-bond acceptors (Lipinski definition) is 5. The molecule has 0 aromatic carbocycles. The highest BCUT2D eigenvalue weighted by atomic mass is 32.1. The first kappa shape index (κ1) is 12.9. The summed E-state index contributed by atoms with van der Waals surface area (Å²) in [7, 11) is 0. The van der Waals surface area contributed by atoms with Gasteiger partial charge in [-0.3, -0.25) is 0 Å². The van der Waals surface area contributed by atoms with Crippen molar-refractivity contribution in [2.45, 2.75) is 25.8 Å². The minimum Gasteiger partial charge on any atom is -0.244 e. The van der Waals surface area contributed by atoms with Crippen molar-refractivity contribution in [3.05, 3.63) is 47.3 Å². The van der Waals surface area contributed by atoms with E-state index in [1.54, 1.807) is 23.7 Å². The third-order valence-corrected chi connectivity index (χ3v) is 4.09. The Kier molecular flexibility index (Phi) is 3.83. The Balaban J connectivity index is 1.91. The number of aromatic nitrogens is 5. The van der Waals surface area contributed by atoms with Crippen LogP contribution in [0.1, 0.15) is 30.7 Å². The fourth-order valence-corrected chi connectivity index (χ4v) is 3.01. The smallest absolute Gasteiger partial charge is 0.116 e. The van der Waals surface area contributed by atoms with Crippen LogP contribution in [0, 0.1) is 0 Å². The fourth-order valence-electron chi connectivity index (χ4n) is 2.15. The monoisotopic (exact) mass is 285 g/mol.